The Bertz CT molecular complexity index is 554. The third-order valence-electron chi connectivity index (χ3n) is 2.21. The van der Waals surface area contributed by atoms with E-state index < -0.39 is 0 Å². The first kappa shape index (κ1) is 14.3. The number of thioether (sulfide) groups is 1. The van der Waals surface area contributed by atoms with Crippen molar-refractivity contribution in [2.75, 3.05) is 11.9 Å². The molecule has 0 radical (unpaired) electrons. The first-order chi connectivity index (χ1) is 9.20. The van der Waals surface area contributed by atoms with Crippen LogP contribution in [-0.4, -0.2) is 16.7 Å². The number of nitrogens with one attached hydrogen (secondary N) is 1. The number of hydrogen-bond donors (Lipinski definition) is 1. The maximum absolute atomic E-state index is 13.6. The van der Waals surface area contributed by atoms with Gasteiger partial charge in [-0.3, -0.25) is 0 Å². The zero-order valence-corrected chi connectivity index (χ0v) is 12.3. The molecule has 0 aliphatic carbocycles. The summed E-state index contributed by atoms with van der Waals surface area (Å²) in [7, 11) is 0. The van der Waals surface area contributed by atoms with Gasteiger partial charge in [0.25, 0.3) is 0 Å². The number of nitrogens with zero attached hydrogens (tertiary/aromatic N) is 2. The van der Waals surface area contributed by atoms with Crippen LogP contribution >= 0.6 is 34.7 Å². The Morgan fingerprint density at radius 2 is 2.32 bits per heavy atom. The Kier molecular flexibility index (Phi) is 5.18. The van der Waals surface area contributed by atoms with E-state index in [2.05, 4.69) is 22.1 Å². The molecule has 0 saturated heterocycles. The van der Waals surface area contributed by atoms with Crippen molar-refractivity contribution in [3.63, 3.8) is 0 Å². The summed E-state index contributed by atoms with van der Waals surface area (Å²) in [5.74, 6) is 0.135. The van der Waals surface area contributed by atoms with Crippen molar-refractivity contribution in [3.05, 3.63) is 47.3 Å². The average molecular weight is 316 g/mol. The number of rotatable bonds is 6. The molecular weight excluding hydrogens is 305 g/mol. The van der Waals surface area contributed by atoms with Crippen LogP contribution in [-0.2, 0) is 5.75 Å². The Morgan fingerprint density at radius 1 is 1.47 bits per heavy atom. The van der Waals surface area contributed by atoms with Gasteiger partial charge in [-0.15, -0.1) is 16.8 Å². The zero-order chi connectivity index (χ0) is 13.7. The van der Waals surface area contributed by atoms with Gasteiger partial charge in [-0.1, -0.05) is 46.8 Å². The topological polar surface area (TPSA) is 37.8 Å². The molecule has 100 valence electrons. The number of benzene rings is 1. The summed E-state index contributed by atoms with van der Waals surface area (Å²) in [6.07, 6.45) is 1.74. The van der Waals surface area contributed by atoms with E-state index in [1.165, 1.54) is 29.2 Å². The fourth-order valence-corrected chi connectivity index (χ4v) is 3.41. The molecule has 0 atom stereocenters. The van der Waals surface area contributed by atoms with Gasteiger partial charge in [0.15, 0.2) is 4.34 Å². The van der Waals surface area contributed by atoms with Gasteiger partial charge in [0.2, 0.25) is 5.13 Å². The highest BCUT2D eigenvalue weighted by molar-refractivity contribution is 8.00. The highest BCUT2D eigenvalue weighted by Gasteiger charge is 2.10. The Balaban J connectivity index is 1.98. The quantitative estimate of drug-likeness (QED) is 0.640. The molecule has 19 heavy (non-hydrogen) atoms. The van der Waals surface area contributed by atoms with Crippen molar-refractivity contribution in [1.82, 2.24) is 10.2 Å². The molecule has 1 N–H and O–H groups in total. The van der Waals surface area contributed by atoms with Crippen LogP contribution in [0.3, 0.4) is 0 Å². The maximum atomic E-state index is 13.6. The summed E-state index contributed by atoms with van der Waals surface area (Å²) in [5.41, 5.74) is 0.491. The maximum Gasteiger partial charge on any atom is 0.206 e. The van der Waals surface area contributed by atoms with Crippen molar-refractivity contribution >= 4 is 39.8 Å². The fourth-order valence-electron chi connectivity index (χ4n) is 1.30. The van der Waals surface area contributed by atoms with Crippen molar-refractivity contribution in [3.8, 4) is 0 Å². The zero-order valence-electron chi connectivity index (χ0n) is 9.90. The first-order valence-corrected chi connectivity index (χ1v) is 7.62. The number of anilines is 1. The molecular formula is C12H11ClFN3S2. The molecule has 3 nitrogen and oxygen atoms in total. The number of aromatic nitrogens is 2. The van der Waals surface area contributed by atoms with E-state index in [9.17, 15) is 4.39 Å². The van der Waals surface area contributed by atoms with E-state index >= 15 is 0 Å². The van der Waals surface area contributed by atoms with Crippen LogP contribution in [0.1, 0.15) is 5.56 Å². The van der Waals surface area contributed by atoms with E-state index in [0.717, 1.165) is 9.47 Å². The molecule has 0 bridgehead atoms. The summed E-state index contributed by atoms with van der Waals surface area (Å²) in [6, 6.07) is 4.67. The second kappa shape index (κ2) is 6.88. The molecule has 0 unspecified atom stereocenters. The molecule has 0 saturated carbocycles. The fraction of sp³-hybridized carbons (Fsp3) is 0.167. The lowest BCUT2D eigenvalue weighted by Gasteiger charge is -2.03. The predicted octanol–water partition coefficient (Wildman–Crippen LogP) is 4.22. The normalized spacial score (nSPS) is 10.4. The highest BCUT2D eigenvalue weighted by Crippen LogP contribution is 2.31. The largest absolute Gasteiger partial charge is 0.357 e. The molecule has 1 heterocycles. The molecule has 0 spiro atoms. The van der Waals surface area contributed by atoms with E-state index in [-0.39, 0.29) is 5.82 Å². The van der Waals surface area contributed by atoms with Crippen molar-refractivity contribution < 1.29 is 4.39 Å². The van der Waals surface area contributed by atoms with Crippen LogP contribution < -0.4 is 5.32 Å². The van der Waals surface area contributed by atoms with Crippen molar-refractivity contribution in [2.24, 2.45) is 0 Å². The molecule has 0 fully saturated rings. The van der Waals surface area contributed by atoms with Gasteiger partial charge in [-0.25, -0.2) is 4.39 Å². The Hall–Kier alpha value is -1.11. The minimum Gasteiger partial charge on any atom is -0.357 e. The van der Waals surface area contributed by atoms with Crippen molar-refractivity contribution in [1.29, 1.82) is 0 Å². The molecule has 0 aliphatic rings. The van der Waals surface area contributed by atoms with Gasteiger partial charge in [0.05, 0.1) is 0 Å². The third-order valence-corrected chi connectivity index (χ3v) is 4.60. The standard InChI is InChI=1S/C12H11ClFN3S2/c1-2-6-15-11-16-17-12(19-11)18-7-8-9(13)4-3-5-10(8)14/h2-5H,1,6-7H2,(H,15,16). The van der Waals surface area contributed by atoms with Crippen LogP contribution in [0.15, 0.2) is 35.2 Å². The van der Waals surface area contributed by atoms with Gasteiger partial charge in [0, 0.05) is 22.9 Å². The predicted molar refractivity (Wildman–Crippen MR) is 79.6 cm³/mol. The molecule has 1 aromatic heterocycles. The molecule has 1 aromatic carbocycles. The van der Waals surface area contributed by atoms with Crippen molar-refractivity contribution in [2.45, 2.75) is 10.1 Å². The lowest BCUT2D eigenvalue weighted by atomic mass is 10.2. The van der Waals surface area contributed by atoms with Crippen LogP contribution in [0.25, 0.3) is 0 Å². The van der Waals surface area contributed by atoms with E-state index in [0.29, 0.717) is 22.9 Å². The van der Waals surface area contributed by atoms with Crippen LogP contribution in [0.2, 0.25) is 5.02 Å². The van der Waals surface area contributed by atoms with Gasteiger partial charge >= 0.3 is 0 Å². The van der Waals surface area contributed by atoms with Crippen LogP contribution in [0.5, 0.6) is 0 Å². The second-order valence-corrected chi connectivity index (χ2v) is 6.14. The highest BCUT2D eigenvalue weighted by atomic mass is 35.5. The van der Waals surface area contributed by atoms with Gasteiger partial charge in [-0.2, -0.15) is 0 Å². The SMILES string of the molecule is C=CCNc1nnc(SCc2c(F)cccc2Cl)s1. The van der Waals surface area contributed by atoms with E-state index in [1.54, 1.807) is 18.2 Å². The smallest absolute Gasteiger partial charge is 0.206 e. The summed E-state index contributed by atoms with van der Waals surface area (Å²) < 4.78 is 14.3. The van der Waals surface area contributed by atoms with Crippen LogP contribution in [0.4, 0.5) is 9.52 Å². The van der Waals surface area contributed by atoms with Gasteiger partial charge in [-0.05, 0) is 12.1 Å². The molecule has 2 aromatic rings. The number of halogens is 2. The minimum atomic E-state index is -0.297. The first-order valence-electron chi connectivity index (χ1n) is 5.44. The summed E-state index contributed by atoms with van der Waals surface area (Å²) in [6.45, 7) is 4.25. The monoisotopic (exact) mass is 315 g/mol. The Morgan fingerprint density at radius 3 is 3.05 bits per heavy atom. The van der Waals surface area contributed by atoms with E-state index in [4.69, 9.17) is 11.6 Å². The molecule has 7 heteroatoms. The minimum absolute atomic E-state index is 0.297. The summed E-state index contributed by atoms with van der Waals surface area (Å²) >= 11 is 8.79. The second-order valence-electron chi connectivity index (χ2n) is 3.53. The average Bonchev–Trinajstić information content (AvgIpc) is 2.84. The molecule has 0 amide bonds. The number of hydrogen-bond acceptors (Lipinski definition) is 5. The van der Waals surface area contributed by atoms with Gasteiger partial charge in [0.1, 0.15) is 5.82 Å². The lowest BCUT2D eigenvalue weighted by Crippen LogP contribution is -1.96. The lowest BCUT2D eigenvalue weighted by molar-refractivity contribution is 0.617. The summed E-state index contributed by atoms with van der Waals surface area (Å²) in [4.78, 5) is 0. The molecule has 0 aliphatic heterocycles. The van der Waals surface area contributed by atoms with E-state index in [1.807, 2.05) is 0 Å². The molecule has 2 rings (SSSR count). The summed E-state index contributed by atoms with van der Waals surface area (Å²) in [5, 5.41) is 12.2. The third kappa shape index (κ3) is 3.92. The van der Waals surface area contributed by atoms with Gasteiger partial charge < -0.3 is 5.32 Å². The Labute approximate surface area is 123 Å². The van der Waals surface area contributed by atoms with Crippen LogP contribution in [0, 0.1) is 5.82 Å².